The van der Waals surface area contributed by atoms with E-state index < -0.39 is 0 Å². The number of hydrogen-bond donors (Lipinski definition) is 0. The summed E-state index contributed by atoms with van der Waals surface area (Å²) in [6.45, 7) is 7.10. The summed E-state index contributed by atoms with van der Waals surface area (Å²) in [4.78, 5) is 14.7. The SMILES string of the molecule is CN1C(=O)CC[C@@]2(C)C1CC(COCCOc1ccccc1)[C@@H]1[C@H]2CC[C@]2(C)CCC[C@@H]12. The maximum absolute atomic E-state index is 12.6. The highest BCUT2D eigenvalue weighted by Crippen LogP contribution is 2.66. The van der Waals surface area contributed by atoms with Crippen LogP contribution in [-0.2, 0) is 9.53 Å². The maximum Gasteiger partial charge on any atom is 0.222 e. The molecular formula is C28H41NO3. The number of rotatable bonds is 6. The fourth-order valence-corrected chi connectivity index (χ4v) is 8.40. The van der Waals surface area contributed by atoms with Crippen LogP contribution in [0.4, 0.5) is 0 Å². The zero-order valence-electron chi connectivity index (χ0n) is 20.2. The molecule has 4 aliphatic rings. The highest BCUT2D eigenvalue weighted by Gasteiger charge is 2.61. The Morgan fingerprint density at radius 2 is 1.84 bits per heavy atom. The first-order valence-electron chi connectivity index (χ1n) is 12.9. The highest BCUT2D eigenvalue weighted by atomic mass is 16.5. The lowest BCUT2D eigenvalue weighted by atomic mass is 9.45. The van der Waals surface area contributed by atoms with Gasteiger partial charge in [-0.2, -0.15) is 0 Å². The summed E-state index contributed by atoms with van der Waals surface area (Å²) in [5.74, 6) is 4.09. The van der Waals surface area contributed by atoms with Crippen molar-refractivity contribution in [2.24, 2.45) is 34.5 Å². The summed E-state index contributed by atoms with van der Waals surface area (Å²) >= 11 is 0. The summed E-state index contributed by atoms with van der Waals surface area (Å²) in [6, 6.07) is 10.4. The number of ether oxygens (including phenoxy) is 2. The van der Waals surface area contributed by atoms with Crippen molar-refractivity contribution in [2.75, 3.05) is 26.9 Å². The molecule has 1 aromatic carbocycles. The van der Waals surface area contributed by atoms with Crippen LogP contribution in [-0.4, -0.2) is 43.7 Å². The molecule has 0 radical (unpaired) electrons. The van der Waals surface area contributed by atoms with E-state index in [1.54, 1.807) is 0 Å². The van der Waals surface area contributed by atoms with Crippen molar-refractivity contribution in [2.45, 2.75) is 71.3 Å². The Labute approximate surface area is 194 Å². The minimum Gasteiger partial charge on any atom is -0.491 e. The van der Waals surface area contributed by atoms with Gasteiger partial charge in [-0.25, -0.2) is 0 Å². The quantitative estimate of drug-likeness (QED) is 0.545. The van der Waals surface area contributed by atoms with Crippen LogP contribution < -0.4 is 4.74 Å². The summed E-state index contributed by atoms with van der Waals surface area (Å²) in [5.41, 5.74) is 0.791. The van der Waals surface area contributed by atoms with Gasteiger partial charge in [-0.15, -0.1) is 0 Å². The van der Waals surface area contributed by atoms with Crippen molar-refractivity contribution in [3.8, 4) is 5.75 Å². The minimum absolute atomic E-state index is 0.268. The predicted octanol–water partition coefficient (Wildman–Crippen LogP) is 5.56. The van der Waals surface area contributed by atoms with Crippen LogP contribution >= 0.6 is 0 Å². The Morgan fingerprint density at radius 1 is 1.03 bits per heavy atom. The Balaban J connectivity index is 1.30. The monoisotopic (exact) mass is 439 g/mol. The number of para-hydroxylation sites is 1. The maximum atomic E-state index is 12.6. The number of benzene rings is 1. The molecule has 1 amide bonds. The van der Waals surface area contributed by atoms with Crippen molar-refractivity contribution >= 4 is 5.91 Å². The van der Waals surface area contributed by atoms with E-state index in [4.69, 9.17) is 9.47 Å². The molecule has 5 rings (SSSR count). The van der Waals surface area contributed by atoms with Crippen molar-refractivity contribution in [1.82, 2.24) is 4.90 Å². The topological polar surface area (TPSA) is 38.8 Å². The fraction of sp³-hybridized carbons (Fsp3) is 0.750. The second-order valence-electron chi connectivity index (χ2n) is 11.6. The van der Waals surface area contributed by atoms with Crippen molar-refractivity contribution in [3.05, 3.63) is 30.3 Å². The van der Waals surface area contributed by atoms with E-state index in [2.05, 4.69) is 25.8 Å². The Kier molecular flexibility index (Phi) is 6.03. The van der Waals surface area contributed by atoms with E-state index in [1.165, 1.54) is 32.1 Å². The van der Waals surface area contributed by atoms with Crippen LogP contribution in [0, 0.1) is 34.5 Å². The van der Waals surface area contributed by atoms with Crippen LogP contribution in [0.1, 0.15) is 65.2 Å². The van der Waals surface area contributed by atoms with Gasteiger partial charge in [-0.05, 0) is 85.2 Å². The molecule has 4 fully saturated rings. The second-order valence-corrected chi connectivity index (χ2v) is 11.6. The molecule has 0 bridgehead atoms. The Bertz CT molecular complexity index is 812. The van der Waals surface area contributed by atoms with E-state index in [9.17, 15) is 4.79 Å². The molecule has 0 spiro atoms. The van der Waals surface area contributed by atoms with Crippen LogP contribution in [0.2, 0.25) is 0 Å². The van der Waals surface area contributed by atoms with Gasteiger partial charge in [0.05, 0.1) is 6.61 Å². The van der Waals surface area contributed by atoms with Gasteiger partial charge in [-0.1, -0.05) is 38.5 Å². The molecule has 1 aromatic rings. The van der Waals surface area contributed by atoms with Gasteiger partial charge in [0.15, 0.2) is 0 Å². The van der Waals surface area contributed by atoms with E-state index >= 15 is 0 Å². The number of piperidine rings is 1. The van der Waals surface area contributed by atoms with Crippen molar-refractivity contribution in [1.29, 1.82) is 0 Å². The molecule has 176 valence electrons. The molecule has 0 aromatic heterocycles. The first-order valence-corrected chi connectivity index (χ1v) is 12.9. The van der Waals surface area contributed by atoms with Gasteiger partial charge in [0.2, 0.25) is 5.91 Å². The van der Waals surface area contributed by atoms with Gasteiger partial charge >= 0.3 is 0 Å². The Hall–Kier alpha value is -1.55. The fourth-order valence-electron chi connectivity index (χ4n) is 8.40. The largest absolute Gasteiger partial charge is 0.491 e. The number of likely N-dealkylation sites (tertiary alicyclic amines) is 1. The van der Waals surface area contributed by atoms with Crippen molar-refractivity contribution in [3.63, 3.8) is 0 Å². The third-order valence-electron chi connectivity index (χ3n) is 10.1. The van der Waals surface area contributed by atoms with E-state index in [1.807, 2.05) is 30.3 Å². The van der Waals surface area contributed by atoms with Crippen LogP contribution in [0.3, 0.4) is 0 Å². The van der Waals surface area contributed by atoms with E-state index in [0.29, 0.717) is 36.5 Å². The second kappa shape index (κ2) is 8.66. The van der Waals surface area contributed by atoms with Crippen LogP contribution in [0.25, 0.3) is 0 Å². The molecule has 1 heterocycles. The molecule has 2 unspecified atom stereocenters. The average Bonchev–Trinajstić information content (AvgIpc) is 3.19. The predicted molar refractivity (Wildman–Crippen MR) is 126 cm³/mol. The number of hydrogen-bond acceptors (Lipinski definition) is 3. The lowest BCUT2D eigenvalue weighted by Gasteiger charge is -2.63. The normalized spacial score (nSPS) is 41.0. The zero-order valence-corrected chi connectivity index (χ0v) is 20.2. The minimum atomic E-state index is 0.268. The van der Waals surface area contributed by atoms with Crippen LogP contribution in [0.15, 0.2) is 30.3 Å². The number of fused-ring (bicyclic) bond motifs is 5. The molecule has 32 heavy (non-hydrogen) atoms. The summed E-state index contributed by atoms with van der Waals surface area (Å²) in [7, 11) is 2.05. The molecule has 4 heteroatoms. The highest BCUT2D eigenvalue weighted by molar-refractivity contribution is 5.77. The number of carbonyl (C=O) groups is 1. The van der Waals surface area contributed by atoms with Gasteiger partial charge in [-0.3, -0.25) is 4.79 Å². The number of carbonyl (C=O) groups excluding carboxylic acids is 1. The zero-order chi connectivity index (χ0) is 22.3. The van der Waals surface area contributed by atoms with E-state index in [-0.39, 0.29) is 5.41 Å². The third-order valence-corrected chi connectivity index (χ3v) is 10.1. The van der Waals surface area contributed by atoms with Crippen molar-refractivity contribution < 1.29 is 14.3 Å². The molecule has 3 saturated carbocycles. The van der Waals surface area contributed by atoms with Gasteiger partial charge in [0, 0.05) is 26.1 Å². The van der Waals surface area contributed by atoms with Gasteiger partial charge in [0.1, 0.15) is 12.4 Å². The molecule has 1 saturated heterocycles. The van der Waals surface area contributed by atoms with Crippen LogP contribution in [0.5, 0.6) is 5.75 Å². The lowest BCUT2D eigenvalue weighted by Crippen LogP contribution is -2.63. The third kappa shape index (κ3) is 3.77. The summed E-state index contributed by atoms with van der Waals surface area (Å²) in [6.07, 6.45) is 9.79. The van der Waals surface area contributed by atoms with E-state index in [0.717, 1.165) is 49.4 Å². The number of nitrogens with zero attached hydrogens (tertiary/aromatic N) is 1. The molecule has 0 N–H and O–H groups in total. The first kappa shape index (κ1) is 22.3. The molecule has 4 nitrogen and oxygen atoms in total. The summed E-state index contributed by atoms with van der Waals surface area (Å²) < 4.78 is 12.1. The Morgan fingerprint density at radius 3 is 2.66 bits per heavy atom. The lowest BCUT2D eigenvalue weighted by molar-refractivity contribution is -0.171. The average molecular weight is 440 g/mol. The molecule has 7 atom stereocenters. The molecule has 1 aliphatic heterocycles. The standard InChI is InChI=1S/C28H41NO3/c1-27-13-7-10-22(27)26-20(19-31-16-17-32-21-8-5-4-6-9-21)18-24-28(2,23(26)11-14-27)15-12-25(30)29(24)3/h4-6,8-9,20,22-24,26H,7,10-19H2,1-3H3/t20?,22-,23+,24?,26-,27-,28+/m0/s1. The first-order chi connectivity index (χ1) is 15.4. The van der Waals surface area contributed by atoms with Gasteiger partial charge in [0.25, 0.3) is 0 Å². The number of amides is 1. The summed E-state index contributed by atoms with van der Waals surface area (Å²) in [5, 5.41) is 0. The van der Waals surface area contributed by atoms with Gasteiger partial charge < -0.3 is 14.4 Å². The smallest absolute Gasteiger partial charge is 0.222 e. The molecular weight excluding hydrogens is 398 g/mol. The molecule has 3 aliphatic carbocycles.